The van der Waals surface area contributed by atoms with Gasteiger partial charge < -0.3 is 17.0 Å². The van der Waals surface area contributed by atoms with Crippen LogP contribution in [0.4, 0.5) is 0 Å². The van der Waals surface area contributed by atoms with E-state index < -0.39 is 0 Å². The van der Waals surface area contributed by atoms with E-state index in [1.807, 2.05) is 85.5 Å². The molecular formula is C18H17BrN6. The zero-order valence-corrected chi connectivity index (χ0v) is 15.5. The first-order valence-electron chi connectivity index (χ1n) is 7.76. The molecule has 126 valence electrons. The number of para-hydroxylation sites is 1. The molecule has 2 heterocycles. The molecule has 0 atom stereocenters. The smallest absolute Gasteiger partial charge is 0.309 e. The second kappa shape index (κ2) is 6.98. The highest BCUT2D eigenvalue weighted by molar-refractivity contribution is 5.53. The van der Waals surface area contributed by atoms with E-state index in [0.717, 1.165) is 28.3 Å². The lowest BCUT2D eigenvalue weighted by atomic mass is 10.2. The molecule has 0 spiro atoms. The molecule has 0 radical (unpaired) electrons. The largest absolute Gasteiger partial charge is 1.00 e. The van der Waals surface area contributed by atoms with Crippen LogP contribution in [0.15, 0.2) is 66.9 Å². The Balaban J connectivity index is 0.00000182. The zero-order chi connectivity index (χ0) is 16.5. The molecule has 0 N–H and O–H groups in total. The lowest BCUT2D eigenvalue weighted by Gasteiger charge is -2.03. The van der Waals surface area contributed by atoms with Crippen molar-refractivity contribution in [2.45, 2.75) is 13.8 Å². The average molecular weight is 397 g/mol. The van der Waals surface area contributed by atoms with Crippen molar-refractivity contribution in [1.29, 1.82) is 0 Å². The number of rotatable bonds is 3. The maximum absolute atomic E-state index is 4.60. The van der Waals surface area contributed by atoms with E-state index in [2.05, 4.69) is 15.4 Å². The lowest BCUT2D eigenvalue weighted by molar-refractivity contribution is -0.747. The molecule has 0 aliphatic carbocycles. The number of aromatic nitrogens is 6. The molecule has 4 aromatic rings. The van der Waals surface area contributed by atoms with Gasteiger partial charge in [-0.1, -0.05) is 46.3 Å². The van der Waals surface area contributed by atoms with E-state index in [4.69, 9.17) is 0 Å². The minimum atomic E-state index is 0. The van der Waals surface area contributed by atoms with Gasteiger partial charge in [-0.3, -0.25) is 0 Å². The van der Waals surface area contributed by atoms with Crippen LogP contribution >= 0.6 is 0 Å². The van der Waals surface area contributed by atoms with Gasteiger partial charge in [0.25, 0.3) is 0 Å². The van der Waals surface area contributed by atoms with Crippen LogP contribution in [0.2, 0.25) is 0 Å². The van der Waals surface area contributed by atoms with Gasteiger partial charge in [0.1, 0.15) is 6.20 Å². The summed E-state index contributed by atoms with van der Waals surface area (Å²) in [5.74, 6) is 0.724. The van der Waals surface area contributed by atoms with Gasteiger partial charge >= 0.3 is 5.82 Å². The van der Waals surface area contributed by atoms with Crippen molar-refractivity contribution in [1.82, 2.24) is 25.0 Å². The first kappa shape index (κ1) is 17.0. The van der Waals surface area contributed by atoms with Crippen LogP contribution in [-0.2, 0) is 0 Å². The Morgan fingerprint density at radius 1 is 0.880 bits per heavy atom. The van der Waals surface area contributed by atoms with Crippen molar-refractivity contribution in [2.24, 2.45) is 0 Å². The van der Waals surface area contributed by atoms with Crippen molar-refractivity contribution in [3.05, 3.63) is 78.1 Å². The molecule has 0 fully saturated rings. The summed E-state index contributed by atoms with van der Waals surface area (Å²) in [5.41, 5.74) is 3.98. The fraction of sp³-hybridized carbons (Fsp3) is 0.111. The number of nitrogens with zero attached hydrogens (tertiary/aromatic N) is 6. The minimum Gasteiger partial charge on any atom is -1.00 e. The quantitative estimate of drug-likeness (QED) is 0.432. The third-order valence-corrected chi connectivity index (χ3v) is 3.94. The Bertz CT molecular complexity index is 899. The molecule has 0 saturated heterocycles. The van der Waals surface area contributed by atoms with Crippen LogP contribution < -0.4 is 21.8 Å². The normalized spacial score (nSPS) is 10.5. The summed E-state index contributed by atoms with van der Waals surface area (Å²) in [4.78, 5) is 5.39. The molecule has 0 amide bonds. The third-order valence-electron chi connectivity index (χ3n) is 3.94. The zero-order valence-electron chi connectivity index (χ0n) is 13.9. The standard InChI is InChI=1S/C18H17N6.BrH/c1-14-13-22(20-15(14)2)24-18(16-9-5-3-6-10-16)19-21-23(24)17-11-7-4-8-12-17;/h3-13H,1-2H3;1H/q+1;/p-1. The summed E-state index contributed by atoms with van der Waals surface area (Å²) in [6, 6.07) is 19.9. The van der Waals surface area contributed by atoms with Gasteiger partial charge in [-0.15, -0.1) is 0 Å². The minimum absolute atomic E-state index is 0. The van der Waals surface area contributed by atoms with E-state index >= 15 is 0 Å². The van der Waals surface area contributed by atoms with Crippen LogP contribution in [0.25, 0.3) is 17.1 Å². The maximum atomic E-state index is 4.60. The van der Waals surface area contributed by atoms with Gasteiger partial charge in [0.15, 0.2) is 5.69 Å². The molecule has 2 aromatic heterocycles. The predicted molar refractivity (Wildman–Crippen MR) is 89.5 cm³/mol. The average Bonchev–Trinajstić information content (AvgIpc) is 3.20. The SMILES string of the molecule is Cc1cn(-n2c(-c3ccccc3)nn[n+]2-c2ccccc2)nc1C.[Br-]. The third kappa shape index (κ3) is 3.10. The van der Waals surface area contributed by atoms with E-state index in [9.17, 15) is 0 Å². The van der Waals surface area contributed by atoms with E-state index in [1.165, 1.54) is 0 Å². The van der Waals surface area contributed by atoms with Gasteiger partial charge in [0, 0.05) is 16.2 Å². The molecule has 7 heteroatoms. The molecule has 0 aliphatic rings. The molecule has 2 aromatic carbocycles. The molecular weight excluding hydrogens is 380 g/mol. The highest BCUT2D eigenvalue weighted by Gasteiger charge is 2.24. The van der Waals surface area contributed by atoms with E-state index in [0.29, 0.717) is 0 Å². The topological polar surface area (TPSA) is 52.4 Å². The van der Waals surface area contributed by atoms with Crippen LogP contribution in [0.1, 0.15) is 11.3 Å². The molecule has 0 saturated carbocycles. The molecule has 6 nitrogen and oxygen atoms in total. The van der Waals surface area contributed by atoms with E-state index in [-0.39, 0.29) is 17.0 Å². The first-order chi connectivity index (χ1) is 11.7. The van der Waals surface area contributed by atoms with Crippen LogP contribution in [0.5, 0.6) is 0 Å². The Hall–Kier alpha value is -2.80. The molecule has 25 heavy (non-hydrogen) atoms. The summed E-state index contributed by atoms with van der Waals surface area (Å²) in [6.45, 7) is 4.03. The molecule has 0 unspecified atom stereocenters. The number of hydrogen-bond acceptors (Lipinski definition) is 3. The number of tetrazole rings is 1. The van der Waals surface area contributed by atoms with Crippen LogP contribution in [0.3, 0.4) is 0 Å². The fourth-order valence-corrected chi connectivity index (χ4v) is 2.54. The maximum Gasteiger partial charge on any atom is 0.309 e. The fourth-order valence-electron chi connectivity index (χ4n) is 2.54. The van der Waals surface area contributed by atoms with Crippen LogP contribution in [0, 0.1) is 13.8 Å². The van der Waals surface area contributed by atoms with Crippen molar-refractivity contribution in [3.8, 4) is 17.1 Å². The van der Waals surface area contributed by atoms with Crippen molar-refractivity contribution < 1.29 is 21.8 Å². The Labute approximate surface area is 156 Å². The summed E-state index contributed by atoms with van der Waals surface area (Å²) in [6.07, 6.45) is 1.98. The number of hydrogen-bond donors (Lipinski definition) is 0. The first-order valence-corrected chi connectivity index (χ1v) is 7.76. The Morgan fingerprint density at radius 2 is 1.52 bits per heavy atom. The van der Waals surface area contributed by atoms with Crippen molar-refractivity contribution >= 4 is 0 Å². The number of halogens is 1. The van der Waals surface area contributed by atoms with Gasteiger partial charge in [-0.05, 0) is 47.7 Å². The van der Waals surface area contributed by atoms with E-state index in [1.54, 1.807) is 9.59 Å². The number of benzene rings is 2. The Kier molecular flexibility index (Phi) is 4.76. The highest BCUT2D eigenvalue weighted by atomic mass is 79.9. The second-order valence-corrected chi connectivity index (χ2v) is 5.61. The van der Waals surface area contributed by atoms with Gasteiger partial charge in [-0.2, -0.15) is 0 Å². The Morgan fingerprint density at radius 3 is 2.12 bits per heavy atom. The van der Waals surface area contributed by atoms with Gasteiger partial charge in [0.05, 0.1) is 10.9 Å². The second-order valence-electron chi connectivity index (χ2n) is 5.61. The van der Waals surface area contributed by atoms with Crippen LogP contribution in [-0.4, -0.2) is 25.0 Å². The highest BCUT2D eigenvalue weighted by Crippen LogP contribution is 2.16. The van der Waals surface area contributed by atoms with Crippen molar-refractivity contribution in [2.75, 3.05) is 0 Å². The van der Waals surface area contributed by atoms with Crippen molar-refractivity contribution in [3.63, 3.8) is 0 Å². The summed E-state index contributed by atoms with van der Waals surface area (Å²) in [5, 5.41) is 13.3. The molecule has 0 aliphatic heterocycles. The predicted octanol–water partition coefficient (Wildman–Crippen LogP) is -0.649. The summed E-state index contributed by atoms with van der Waals surface area (Å²) in [7, 11) is 0. The molecule has 0 bridgehead atoms. The van der Waals surface area contributed by atoms with Gasteiger partial charge in [-0.25, -0.2) is 0 Å². The monoisotopic (exact) mass is 396 g/mol. The lowest BCUT2D eigenvalue weighted by Crippen LogP contribution is -3.00. The number of aryl methyl sites for hydroxylation is 2. The summed E-state index contributed by atoms with van der Waals surface area (Å²) >= 11 is 0. The van der Waals surface area contributed by atoms with Gasteiger partial charge in [0.2, 0.25) is 0 Å². The molecule has 4 rings (SSSR count). The summed E-state index contributed by atoms with van der Waals surface area (Å²) < 4.78 is 0.